The van der Waals surface area contributed by atoms with Gasteiger partial charge in [-0.1, -0.05) is 0 Å². The molecule has 9 heteroatoms. The molecule has 5 nitrogen and oxygen atoms in total. The van der Waals surface area contributed by atoms with E-state index in [0.717, 1.165) is 22.6 Å². The third-order valence-electron chi connectivity index (χ3n) is 4.40. The van der Waals surface area contributed by atoms with Crippen molar-refractivity contribution in [1.82, 2.24) is 0 Å². The largest absolute Gasteiger partial charge is 0.493 e. The van der Waals surface area contributed by atoms with Gasteiger partial charge in [-0.25, -0.2) is 4.89 Å². The number of hydrogen-bond donors (Lipinski definition) is 1. The van der Waals surface area contributed by atoms with Gasteiger partial charge in [0, 0.05) is 23.0 Å². The molecule has 168 valence electrons. The summed E-state index contributed by atoms with van der Waals surface area (Å²) in [6.07, 6.45) is -3.37. The van der Waals surface area contributed by atoms with Crippen molar-refractivity contribution in [3.8, 4) is 17.6 Å². The van der Waals surface area contributed by atoms with Gasteiger partial charge in [-0.15, -0.1) is 11.8 Å². The molecule has 0 fully saturated rings. The molecule has 0 aromatic heterocycles. The fourth-order valence-corrected chi connectivity index (χ4v) is 3.83. The van der Waals surface area contributed by atoms with Crippen LogP contribution in [0.2, 0.25) is 0 Å². The maximum Gasteiger partial charge on any atom is 0.416 e. The van der Waals surface area contributed by atoms with Crippen LogP contribution in [0.5, 0.6) is 11.5 Å². The van der Waals surface area contributed by atoms with Crippen LogP contribution >= 0.6 is 11.8 Å². The van der Waals surface area contributed by atoms with Gasteiger partial charge < -0.3 is 9.47 Å². The van der Waals surface area contributed by atoms with Crippen molar-refractivity contribution in [2.45, 2.75) is 30.8 Å². The summed E-state index contributed by atoms with van der Waals surface area (Å²) in [6.45, 7) is 2.54. The summed E-state index contributed by atoms with van der Waals surface area (Å²) >= 11 is 1.61. The topological polar surface area (TPSA) is 71.7 Å². The Morgan fingerprint density at radius 3 is 2.45 bits per heavy atom. The lowest BCUT2D eigenvalue weighted by atomic mass is 10.1. The number of hydrogen-bond acceptors (Lipinski definition) is 6. The molecule has 2 aromatic carbocycles. The van der Waals surface area contributed by atoms with Crippen molar-refractivity contribution < 1.29 is 32.8 Å². The number of nitrogens with zero attached hydrogens (tertiary/aromatic N) is 1. The van der Waals surface area contributed by atoms with E-state index in [1.165, 1.54) is 12.1 Å². The molecule has 0 saturated carbocycles. The summed E-state index contributed by atoms with van der Waals surface area (Å²) in [5, 5.41) is 17.2. The van der Waals surface area contributed by atoms with E-state index in [2.05, 4.69) is 11.0 Å². The van der Waals surface area contributed by atoms with Crippen LogP contribution in [0.25, 0.3) is 0 Å². The van der Waals surface area contributed by atoms with Gasteiger partial charge in [0.15, 0.2) is 0 Å². The lowest BCUT2D eigenvalue weighted by Gasteiger charge is -2.17. The van der Waals surface area contributed by atoms with Gasteiger partial charge in [-0.3, -0.25) is 5.26 Å². The van der Waals surface area contributed by atoms with Gasteiger partial charge in [-0.05, 0) is 61.4 Å². The van der Waals surface area contributed by atoms with Crippen molar-refractivity contribution in [2.24, 2.45) is 5.92 Å². The highest BCUT2D eigenvalue weighted by atomic mass is 32.2. The molecule has 2 rings (SSSR count). The molecule has 2 aromatic rings. The van der Waals surface area contributed by atoms with Gasteiger partial charge in [0.25, 0.3) is 0 Å². The average molecular weight is 455 g/mol. The number of alkyl halides is 3. The monoisotopic (exact) mass is 455 g/mol. The Bertz CT molecular complexity index is 853. The molecule has 0 aliphatic carbocycles. The van der Waals surface area contributed by atoms with Crippen LogP contribution in [0.4, 0.5) is 13.2 Å². The molecule has 1 unspecified atom stereocenters. The first-order valence-electron chi connectivity index (χ1n) is 9.63. The summed E-state index contributed by atoms with van der Waals surface area (Å²) in [7, 11) is 0. The summed E-state index contributed by atoms with van der Waals surface area (Å²) in [5.74, 6) is 1.82. The van der Waals surface area contributed by atoms with Crippen LogP contribution in [0, 0.1) is 24.2 Å². The SMILES string of the molecule is Cc1cc(SCC(CCC#N)COc2ccc(C(F)(F)F)cc2)ccc1OCCOO. The molecule has 0 aliphatic heterocycles. The Morgan fingerprint density at radius 1 is 1.10 bits per heavy atom. The number of thioether (sulfide) groups is 1. The van der Waals surface area contributed by atoms with Crippen molar-refractivity contribution in [1.29, 1.82) is 5.26 Å². The zero-order valence-electron chi connectivity index (χ0n) is 17.0. The highest BCUT2D eigenvalue weighted by Crippen LogP contribution is 2.31. The molecule has 0 heterocycles. The molecular weight excluding hydrogens is 431 g/mol. The summed E-state index contributed by atoms with van der Waals surface area (Å²) in [5.41, 5.74) is 0.223. The number of benzene rings is 2. The zero-order chi connectivity index (χ0) is 22.7. The quantitative estimate of drug-likeness (QED) is 0.184. The molecule has 0 aliphatic rings. The fraction of sp³-hybridized carbons (Fsp3) is 0.409. The van der Waals surface area contributed by atoms with Crippen LogP contribution in [0.15, 0.2) is 47.4 Å². The van der Waals surface area contributed by atoms with Gasteiger partial charge in [0.05, 0.1) is 18.2 Å². The first-order chi connectivity index (χ1) is 14.8. The smallest absolute Gasteiger partial charge is 0.416 e. The Hall–Kier alpha value is -2.41. The normalized spacial score (nSPS) is 12.3. The minimum atomic E-state index is -4.38. The van der Waals surface area contributed by atoms with E-state index >= 15 is 0 Å². The van der Waals surface area contributed by atoms with Crippen molar-refractivity contribution in [3.63, 3.8) is 0 Å². The van der Waals surface area contributed by atoms with Crippen LogP contribution in [-0.4, -0.2) is 30.8 Å². The highest BCUT2D eigenvalue weighted by molar-refractivity contribution is 7.99. The Labute approximate surface area is 183 Å². The number of halogens is 3. The predicted molar refractivity (Wildman–Crippen MR) is 111 cm³/mol. The maximum absolute atomic E-state index is 12.7. The minimum Gasteiger partial charge on any atom is -0.493 e. The molecule has 1 N–H and O–H groups in total. The zero-order valence-corrected chi connectivity index (χ0v) is 17.8. The Balaban J connectivity index is 1.91. The first-order valence-corrected chi connectivity index (χ1v) is 10.6. The maximum atomic E-state index is 12.7. The van der Waals surface area contributed by atoms with Crippen LogP contribution in [-0.2, 0) is 11.1 Å². The van der Waals surface area contributed by atoms with E-state index in [9.17, 15) is 13.2 Å². The first kappa shape index (κ1) is 24.9. The lowest BCUT2D eigenvalue weighted by molar-refractivity contribution is -0.245. The molecule has 0 spiro atoms. The van der Waals surface area contributed by atoms with Gasteiger partial charge >= 0.3 is 6.18 Å². The standard InChI is InChI=1S/C22H24F3NO4S/c1-16-13-20(8-9-21(16)28-11-12-30-27)31-15-17(3-2-10-26)14-29-19-6-4-18(5-7-19)22(23,24)25/h4-9,13,17,27H,2-3,11-12,14-15H2,1H3. The molecule has 0 amide bonds. The summed E-state index contributed by atoms with van der Waals surface area (Å²) in [6, 6.07) is 12.5. The number of ether oxygens (including phenoxy) is 2. The van der Waals surface area contributed by atoms with Crippen molar-refractivity contribution in [3.05, 3.63) is 53.6 Å². The molecule has 0 saturated heterocycles. The molecule has 0 radical (unpaired) electrons. The van der Waals surface area contributed by atoms with E-state index in [0.29, 0.717) is 36.7 Å². The third kappa shape index (κ3) is 8.69. The van der Waals surface area contributed by atoms with Crippen LogP contribution < -0.4 is 9.47 Å². The second kappa shape index (κ2) is 12.4. The molecule has 0 bridgehead atoms. The van der Waals surface area contributed by atoms with Crippen LogP contribution in [0.1, 0.15) is 24.0 Å². The van der Waals surface area contributed by atoms with Gasteiger partial charge in [0.2, 0.25) is 0 Å². The van der Waals surface area contributed by atoms with Crippen molar-refractivity contribution in [2.75, 3.05) is 25.6 Å². The van der Waals surface area contributed by atoms with E-state index in [1.807, 2.05) is 25.1 Å². The molecular formula is C22H24F3NO4S. The average Bonchev–Trinajstić information content (AvgIpc) is 2.74. The number of aryl methyl sites for hydroxylation is 1. The van der Waals surface area contributed by atoms with E-state index in [4.69, 9.17) is 20.0 Å². The molecule has 31 heavy (non-hydrogen) atoms. The van der Waals surface area contributed by atoms with Gasteiger partial charge in [-0.2, -0.15) is 18.4 Å². The van der Waals surface area contributed by atoms with E-state index in [-0.39, 0.29) is 19.1 Å². The minimum absolute atomic E-state index is 0.0601. The molecule has 1 atom stereocenters. The summed E-state index contributed by atoms with van der Waals surface area (Å²) in [4.78, 5) is 5.01. The predicted octanol–water partition coefficient (Wildman–Crippen LogP) is 5.97. The van der Waals surface area contributed by atoms with Crippen LogP contribution in [0.3, 0.4) is 0 Å². The second-order valence-electron chi connectivity index (χ2n) is 6.82. The van der Waals surface area contributed by atoms with Gasteiger partial charge in [0.1, 0.15) is 24.7 Å². The van der Waals surface area contributed by atoms with E-state index in [1.54, 1.807) is 11.8 Å². The Kier molecular flexibility index (Phi) is 9.98. The fourth-order valence-electron chi connectivity index (χ4n) is 2.71. The number of rotatable bonds is 12. The van der Waals surface area contributed by atoms with Crippen molar-refractivity contribution >= 4 is 11.8 Å². The van der Waals surface area contributed by atoms with E-state index < -0.39 is 11.7 Å². The second-order valence-corrected chi connectivity index (χ2v) is 7.91. The Morgan fingerprint density at radius 2 is 1.84 bits per heavy atom. The third-order valence-corrected chi connectivity index (χ3v) is 5.62. The highest BCUT2D eigenvalue weighted by Gasteiger charge is 2.30. The lowest BCUT2D eigenvalue weighted by Crippen LogP contribution is -2.15. The summed E-state index contributed by atoms with van der Waals surface area (Å²) < 4.78 is 49.2. The number of nitriles is 1.